The Balaban J connectivity index is 1.47. The molecule has 0 unspecified atom stereocenters. The fraction of sp³-hybridized carbons (Fsp3) is 0.409. The second-order valence-electron chi connectivity index (χ2n) is 7.58. The topological polar surface area (TPSA) is 73.0 Å². The van der Waals surface area contributed by atoms with E-state index < -0.39 is 0 Å². The van der Waals surface area contributed by atoms with Gasteiger partial charge in [-0.2, -0.15) is 0 Å². The van der Waals surface area contributed by atoms with Gasteiger partial charge in [0.1, 0.15) is 0 Å². The highest BCUT2D eigenvalue weighted by atomic mass is 32.2. The summed E-state index contributed by atoms with van der Waals surface area (Å²) in [6.07, 6.45) is 6.35. The molecule has 3 aromatic rings. The largest absolute Gasteiger partial charge is 0.461 e. The van der Waals surface area contributed by atoms with Gasteiger partial charge in [-0.15, -0.1) is 10.2 Å². The van der Waals surface area contributed by atoms with Crippen LogP contribution in [0.3, 0.4) is 0 Å². The number of furan rings is 1. The van der Waals surface area contributed by atoms with Crippen LogP contribution in [-0.4, -0.2) is 32.5 Å². The van der Waals surface area contributed by atoms with Crippen LogP contribution in [0.5, 0.6) is 0 Å². The van der Waals surface area contributed by atoms with Crippen molar-refractivity contribution in [2.45, 2.75) is 50.4 Å². The maximum atomic E-state index is 12.5. The van der Waals surface area contributed by atoms with Gasteiger partial charge in [-0.1, -0.05) is 61.9 Å². The predicted molar refractivity (Wildman–Crippen MR) is 114 cm³/mol. The highest BCUT2D eigenvalue weighted by Crippen LogP contribution is 2.26. The van der Waals surface area contributed by atoms with E-state index in [1.165, 1.54) is 31.0 Å². The Morgan fingerprint density at radius 2 is 2.00 bits per heavy atom. The first-order valence-corrected chi connectivity index (χ1v) is 11.1. The molecule has 6 nitrogen and oxygen atoms in total. The molecule has 0 aliphatic heterocycles. The molecule has 1 aliphatic rings. The number of nitrogens with one attached hydrogen (secondary N) is 1. The van der Waals surface area contributed by atoms with Crippen molar-refractivity contribution in [2.75, 3.05) is 5.75 Å². The summed E-state index contributed by atoms with van der Waals surface area (Å²) >= 11 is 1.42. The fourth-order valence-electron chi connectivity index (χ4n) is 3.80. The lowest BCUT2D eigenvalue weighted by Crippen LogP contribution is -2.41. The van der Waals surface area contributed by atoms with Crippen molar-refractivity contribution in [1.82, 2.24) is 20.1 Å². The quantitative estimate of drug-likeness (QED) is 0.586. The van der Waals surface area contributed by atoms with E-state index in [9.17, 15) is 4.79 Å². The van der Waals surface area contributed by atoms with Crippen LogP contribution in [0, 0.1) is 5.92 Å². The molecule has 4 rings (SSSR count). The number of carbonyl (C=O) groups is 1. The molecular weight excluding hydrogens is 384 g/mol. The number of benzene rings is 1. The molecule has 1 N–H and O–H groups in total. The lowest BCUT2D eigenvalue weighted by Gasteiger charge is -2.29. The molecule has 2 heterocycles. The van der Waals surface area contributed by atoms with Crippen molar-refractivity contribution >= 4 is 17.7 Å². The number of carbonyl (C=O) groups excluding carboxylic acids is 1. The van der Waals surface area contributed by atoms with Crippen molar-refractivity contribution in [2.24, 2.45) is 5.92 Å². The van der Waals surface area contributed by atoms with E-state index in [0.29, 0.717) is 35.0 Å². The summed E-state index contributed by atoms with van der Waals surface area (Å²) in [5.41, 5.74) is 1.14. The Kier molecular flexibility index (Phi) is 6.34. The van der Waals surface area contributed by atoms with Gasteiger partial charge in [-0.05, 0) is 36.5 Å². The van der Waals surface area contributed by atoms with Gasteiger partial charge in [0, 0.05) is 6.04 Å². The van der Waals surface area contributed by atoms with Crippen LogP contribution < -0.4 is 5.32 Å². The molecule has 0 spiro atoms. The first-order valence-electron chi connectivity index (χ1n) is 10.1. The summed E-state index contributed by atoms with van der Waals surface area (Å²) in [6, 6.07) is 14.2. The Morgan fingerprint density at radius 1 is 1.17 bits per heavy atom. The van der Waals surface area contributed by atoms with Crippen molar-refractivity contribution in [3.63, 3.8) is 0 Å². The minimum absolute atomic E-state index is 0.0579. The molecule has 0 bridgehead atoms. The average molecular weight is 411 g/mol. The SMILES string of the molecule is C[C@H]1CCCC[C@H]1NC(=O)CSc1nnc(-c2ccco2)n1Cc1ccccc1. The summed E-state index contributed by atoms with van der Waals surface area (Å²) in [7, 11) is 0. The standard InChI is InChI=1S/C22H26N4O2S/c1-16-8-5-6-11-18(16)23-20(27)15-29-22-25-24-21(19-12-7-13-28-19)26(22)14-17-9-3-2-4-10-17/h2-4,7,9-10,12-13,16,18H,5-6,8,11,14-15H2,1H3,(H,23,27)/t16-,18+/m0/s1. The molecular formula is C22H26N4O2S. The number of amides is 1. The Hall–Kier alpha value is -2.54. The van der Waals surface area contributed by atoms with E-state index in [2.05, 4.69) is 34.6 Å². The molecule has 2 atom stereocenters. The van der Waals surface area contributed by atoms with Crippen LogP contribution in [0.4, 0.5) is 0 Å². The average Bonchev–Trinajstić information content (AvgIpc) is 3.39. The van der Waals surface area contributed by atoms with Crippen molar-refractivity contribution in [3.05, 3.63) is 54.3 Å². The first kappa shape index (κ1) is 19.8. The second-order valence-corrected chi connectivity index (χ2v) is 8.52. The van der Waals surface area contributed by atoms with Gasteiger partial charge >= 0.3 is 0 Å². The first-order chi connectivity index (χ1) is 14.2. The highest BCUT2D eigenvalue weighted by molar-refractivity contribution is 7.99. The van der Waals surface area contributed by atoms with Gasteiger partial charge in [-0.3, -0.25) is 9.36 Å². The summed E-state index contributed by atoms with van der Waals surface area (Å²) in [5.74, 6) is 2.27. The van der Waals surface area contributed by atoms with E-state index >= 15 is 0 Å². The monoisotopic (exact) mass is 410 g/mol. The Labute approximate surface area is 175 Å². The summed E-state index contributed by atoms with van der Waals surface area (Å²) < 4.78 is 7.55. The third-order valence-corrected chi connectivity index (χ3v) is 6.40. The normalized spacial score (nSPS) is 19.2. The molecule has 1 saturated carbocycles. The van der Waals surface area contributed by atoms with E-state index in [-0.39, 0.29) is 11.9 Å². The summed E-state index contributed by atoms with van der Waals surface area (Å²) in [4.78, 5) is 12.5. The highest BCUT2D eigenvalue weighted by Gasteiger charge is 2.23. The van der Waals surface area contributed by atoms with Gasteiger partial charge < -0.3 is 9.73 Å². The van der Waals surface area contributed by atoms with Crippen LogP contribution >= 0.6 is 11.8 Å². The predicted octanol–water partition coefficient (Wildman–Crippen LogP) is 4.37. The van der Waals surface area contributed by atoms with Crippen LogP contribution in [0.2, 0.25) is 0 Å². The number of hydrogen-bond acceptors (Lipinski definition) is 5. The molecule has 152 valence electrons. The van der Waals surface area contributed by atoms with E-state index in [0.717, 1.165) is 12.0 Å². The minimum Gasteiger partial charge on any atom is -0.461 e. The Bertz CT molecular complexity index is 924. The molecule has 1 fully saturated rings. The molecule has 1 amide bonds. The number of thioether (sulfide) groups is 1. The van der Waals surface area contributed by atoms with Gasteiger partial charge in [-0.25, -0.2) is 0 Å². The van der Waals surface area contributed by atoms with Crippen LogP contribution in [0.15, 0.2) is 58.3 Å². The van der Waals surface area contributed by atoms with Gasteiger partial charge in [0.25, 0.3) is 0 Å². The molecule has 1 aliphatic carbocycles. The van der Waals surface area contributed by atoms with Crippen LogP contribution in [0.1, 0.15) is 38.2 Å². The molecule has 2 aromatic heterocycles. The van der Waals surface area contributed by atoms with E-state index in [4.69, 9.17) is 4.42 Å². The minimum atomic E-state index is 0.0579. The maximum Gasteiger partial charge on any atom is 0.230 e. The third-order valence-electron chi connectivity index (χ3n) is 5.43. The zero-order chi connectivity index (χ0) is 20.1. The van der Waals surface area contributed by atoms with Gasteiger partial charge in [0.2, 0.25) is 11.7 Å². The smallest absolute Gasteiger partial charge is 0.230 e. The second kappa shape index (κ2) is 9.31. The van der Waals surface area contributed by atoms with Crippen LogP contribution in [0.25, 0.3) is 11.6 Å². The molecule has 1 aromatic carbocycles. The number of rotatable bonds is 7. The van der Waals surface area contributed by atoms with E-state index in [1.54, 1.807) is 6.26 Å². The summed E-state index contributed by atoms with van der Waals surface area (Å²) in [5, 5.41) is 12.6. The van der Waals surface area contributed by atoms with Gasteiger partial charge in [0.05, 0.1) is 18.6 Å². The third kappa shape index (κ3) is 4.90. The molecule has 0 radical (unpaired) electrons. The zero-order valence-corrected chi connectivity index (χ0v) is 17.4. The number of hydrogen-bond donors (Lipinski definition) is 1. The van der Waals surface area contributed by atoms with E-state index in [1.807, 2.05) is 34.9 Å². The van der Waals surface area contributed by atoms with Crippen molar-refractivity contribution in [1.29, 1.82) is 0 Å². The number of nitrogens with zero attached hydrogens (tertiary/aromatic N) is 3. The Morgan fingerprint density at radius 3 is 2.76 bits per heavy atom. The lowest BCUT2D eigenvalue weighted by molar-refractivity contribution is -0.119. The van der Waals surface area contributed by atoms with Crippen LogP contribution in [-0.2, 0) is 11.3 Å². The number of aromatic nitrogens is 3. The zero-order valence-electron chi connectivity index (χ0n) is 16.6. The fourth-order valence-corrected chi connectivity index (χ4v) is 4.55. The van der Waals surface area contributed by atoms with Crippen molar-refractivity contribution < 1.29 is 9.21 Å². The molecule has 7 heteroatoms. The summed E-state index contributed by atoms with van der Waals surface area (Å²) in [6.45, 7) is 2.84. The van der Waals surface area contributed by atoms with Crippen molar-refractivity contribution in [3.8, 4) is 11.6 Å². The lowest BCUT2D eigenvalue weighted by atomic mass is 9.86. The van der Waals surface area contributed by atoms with Gasteiger partial charge in [0.15, 0.2) is 10.9 Å². The maximum absolute atomic E-state index is 12.5. The molecule has 0 saturated heterocycles. The molecule has 29 heavy (non-hydrogen) atoms.